The molecule has 0 saturated carbocycles. The molecule has 1 fully saturated rings. The number of ether oxygens (including phenoxy) is 2. The molecule has 0 bridgehead atoms. The number of halogens is 1. The molecule has 0 spiro atoms. The lowest BCUT2D eigenvalue weighted by Crippen LogP contribution is -2.56. The molecule has 1 aromatic carbocycles. The highest BCUT2D eigenvalue weighted by Crippen LogP contribution is 2.48. The summed E-state index contributed by atoms with van der Waals surface area (Å²) in [4.78, 5) is 42.5. The van der Waals surface area contributed by atoms with Crippen LogP contribution in [0.4, 0.5) is 0 Å². The summed E-state index contributed by atoms with van der Waals surface area (Å²) in [6.07, 6.45) is 3.68. The zero-order chi connectivity index (χ0) is 28.1. The number of hydrogen-bond donors (Lipinski definition) is 1. The van der Waals surface area contributed by atoms with Crippen molar-refractivity contribution in [1.82, 2.24) is 9.80 Å². The molecule has 5 rings (SSSR count). The second-order valence-corrected chi connectivity index (χ2v) is 12.3. The van der Waals surface area contributed by atoms with Gasteiger partial charge in [0, 0.05) is 23.7 Å². The molecule has 8 nitrogen and oxygen atoms in total. The number of hydrogen-bond acceptors (Lipinski definition) is 5. The molecule has 2 amide bonds. The van der Waals surface area contributed by atoms with Gasteiger partial charge in [0.05, 0.1) is 36.3 Å². The Morgan fingerprint density at radius 3 is 2.64 bits per heavy atom. The quantitative estimate of drug-likeness (QED) is 0.571. The van der Waals surface area contributed by atoms with Crippen LogP contribution in [0.25, 0.3) is 0 Å². The molecule has 4 aliphatic rings. The number of piperidine rings is 1. The van der Waals surface area contributed by atoms with Gasteiger partial charge < -0.3 is 19.5 Å². The number of rotatable bonds is 4. The Labute approximate surface area is 233 Å². The van der Waals surface area contributed by atoms with Gasteiger partial charge in [0.15, 0.2) is 6.10 Å². The third-order valence-corrected chi connectivity index (χ3v) is 8.47. The summed E-state index contributed by atoms with van der Waals surface area (Å²) in [5, 5.41) is 10.1. The van der Waals surface area contributed by atoms with E-state index in [2.05, 4.69) is 26.8 Å². The van der Waals surface area contributed by atoms with Gasteiger partial charge in [-0.1, -0.05) is 56.6 Å². The largest absolute Gasteiger partial charge is 0.498 e. The van der Waals surface area contributed by atoms with Gasteiger partial charge >= 0.3 is 5.97 Å². The summed E-state index contributed by atoms with van der Waals surface area (Å²) >= 11 is 6.64. The topological polar surface area (TPSA) is 96.4 Å². The molecule has 1 aliphatic carbocycles. The number of amides is 2. The number of allylic oxidation sites excluding steroid dienone is 2. The molecule has 1 N–H and O–H groups in total. The van der Waals surface area contributed by atoms with Crippen LogP contribution in [0.1, 0.15) is 58.4 Å². The molecule has 9 heteroatoms. The zero-order valence-electron chi connectivity index (χ0n) is 22.8. The molecule has 3 aliphatic heterocycles. The van der Waals surface area contributed by atoms with E-state index in [0.29, 0.717) is 42.5 Å². The van der Waals surface area contributed by atoms with Gasteiger partial charge in [0.1, 0.15) is 12.4 Å². The van der Waals surface area contributed by atoms with Crippen LogP contribution in [0.15, 0.2) is 59.2 Å². The minimum atomic E-state index is -1.05. The molecule has 208 valence electrons. The van der Waals surface area contributed by atoms with Gasteiger partial charge in [-0.15, -0.1) is 0 Å². The number of likely N-dealkylation sites (tertiary alicyclic amines) is 1. The molecule has 39 heavy (non-hydrogen) atoms. The second-order valence-electron chi connectivity index (χ2n) is 11.8. The number of aliphatic carboxylic acids is 1. The maximum atomic E-state index is 14.2. The van der Waals surface area contributed by atoms with Crippen LogP contribution in [-0.2, 0) is 23.9 Å². The minimum Gasteiger partial charge on any atom is -0.498 e. The van der Waals surface area contributed by atoms with Crippen LogP contribution in [0.5, 0.6) is 0 Å². The van der Waals surface area contributed by atoms with Crippen molar-refractivity contribution >= 4 is 29.4 Å². The van der Waals surface area contributed by atoms with Crippen molar-refractivity contribution in [1.29, 1.82) is 0 Å². The predicted octanol–water partition coefficient (Wildman–Crippen LogP) is 4.86. The molecule has 1 unspecified atom stereocenters. The van der Waals surface area contributed by atoms with Gasteiger partial charge in [-0.25, -0.2) is 0 Å². The summed E-state index contributed by atoms with van der Waals surface area (Å²) < 4.78 is 12.5. The van der Waals surface area contributed by atoms with E-state index >= 15 is 0 Å². The third kappa shape index (κ3) is 5.07. The molecular formula is C30H35ClN2O6. The maximum Gasteiger partial charge on any atom is 0.308 e. The summed E-state index contributed by atoms with van der Waals surface area (Å²) in [6, 6.07) is 7.24. The van der Waals surface area contributed by atoms with E-state index in [9.17, 15) is 19.5 Å². The van der Waals surface area contributed by atoms with Crippen LogP contribution < -0.4 is 0 Å². The number of carboxylic acid groups (broad SMARTS) is 1. The van der Waals surface area contributed by atoms with Crippen molar-refractivity contribution in [3.8, 4) is 0 Å². The van der Waals surface area contributed by atoms with Crippen molar-refractivity contribution in [2.45, 2.75) is 65.0 Å². The highest BCUT2D eigenvalue weighted by molar-refractivity contribution is 6.31. The maximum absolute atomic E-state index is 14.2. The summed E-state index contributed by atoms with van der Waals surface area (Å²) in [7, 11) is 0. The summed E-state index contributed by atoms with van der Waals surface area (Å²) in [5.41, 5.74) is 2.89. The van der Waals surface area contributed by atoms with Gasteiger partial charge in [-0.05, 0) is 42.4 Å². The molecule has 0 aromatic heterocycles. The van der Waals surface area contributed by atoms with Crippen molar-refractivity contribution in [2.24, 2.45) is 11.3 Å². The van der Waals surface area contributed by atoms with Crippen molar-refractivity contribution in [3.05, 3.63) is 69.8 Å². The first-order valence-corrected chi connectivity index (χ1v) is 13.8. The number of carbonyl (C=O) groups excluding carboxylic acids is 2. The fourth-order valence-corrected chi connectivity index (χ4v) is 6.15. The van der Waals surface area contributed by atoms with Gasteiger partial charge in [0.2, 0.25) is 5.91 Å². The Balaban J connectivity index is 1.56. The first-order valence-electron chi connectivity index (χ1n) is 13.5. The SMILES string of the molecule is CC1=C[C@@H](c2ccccc2Cl)C2=C3C1=COC[C@@H](C(C)(C)C)N3C(=O)[C@@H](CC(=O)N1CCCC(C(=O)O)C1)O2. The summed E-state index contributed by atoms with van der Waals surface area (Å²) in [5.74, 6) is -1.87. The average molecular weight is 555 g/mol. The van der Waals surface area contributed by atoms with Crippen LogP contribution in [0.3, 0.4) is 0 Å². The van der Waals surface area contributed by atoms with E-state index < -0.39 is 18.0 Å². The lowest BCUT2D eigenvalue weighted by molar-refractivity contribution is -0.154. The second kappa shape index (κ2) is 10.4. The van der Waals surface area contributed by atoms with Crippen LogP contribution in [0, 0.1) is 11.3 Å². The zero-order valence-corrected chi connectivity index (χ0v) is 23.5. The van der Waals surface area contributed by atoms with Crippen molar-refractivity contribution in [3.63, 3.8) is 0 Å². The summed E-state index contributed by atoms with van der Waals surface area (Å²) in [6.45, 7) is 9.07. The molecule has 1 saturated heterocycles. The lowest BCUT2D eigenvalue weighted by Gasteiger charge is -2.46. The number of carboxylic acids is 1. The highest BCUT2D eigenvalue weighted by atomic mass is 35.5. The minimum absolute atomic E-state index is 0.141. The number of benzene rings is 1. The fraction of sp³-hybridized carbons (Fsp3) is 0.500. The van der Waals surface area contributed by atoms with Crippen LogP contribution in [-0.4, -0.2) is 64.5 Å². The Kier molecular flexibility index (Phi) is 7.27. The first kappa shape index (κ1) is 27.3. The van der Waals surface area contributed by atoms with Crippen LogP contribution >= 0.6 is 11.6 Å². The number of carbonyl (C=O) groups is 3. The van der Waals surface area contributed by atoms with Gasteiger partial charge in [0.25, 0.3) is 5.91 Å². The monoisotopic (exact) mass is 554 g/mol. The van der Waals surface area contributed by atoms with E-state index in [1.165, 1.54) is 0 Å². The first-order chi connectivity index (χ1) is 18.5. The van der Waals surface area contributed by atoms with Gasteiger partial charge in [-0.2, -0.15) is 0 Å². The Morgan fingerprint density at radius 1 is 1.21 bits per heavy atom. The third-order valence-electron chi connectivity index (χ3n) is 8.13. The fourth-order valence-electron chi connectivity index (χ4n) is 5.90. The van der Waals surface area contributed by atoms with Gasteiger partial charge in [-0.3, -0.25) is 19.3 Å². The van der Waals surface area contributed by atoms with Crippen LogP contribution in [0.2, 0.25) is 5.02 Å². The van der Waals surface area contributed by atoms with E-state index in [0.717, 1.165) is 16.7 Å². The van der Waals surface area contributed by atoms with E-state index in [4.69, 9.17) is 21.1 Å². The lowest BCUT2D eigenvalue weighted by atomic mass is 9.81. The normalized spacial score (nSPS) is 27.1. The molecular weight excluding hydrogens is 520 g/mol. The predicted molar refractivity (Wildman–Crippen MR) is 146 cm³/mol. The average Bonchev–Trinajstić information content (AvgIpc) is 3.10. The highest BCUT2D eigenvalue weighted by Gasteiger charge is 2.49. The van der Waals surface area contributed by atoms with E-state index in [1.54, 1.807) is 16.1 Å². The van der Waals surface area contributed by atoms with E-state index in [1.807, 2.05) is 31.2 Å². The Morgan fingerprint density at radius 2 is 1.95 bits per heavy atom. The Hall–Kier alpha value is -3.26. The van der Waals surface area contributed by atoms with E-state index in [-0.39, 0.29) is 42.2 Å². The molecule has 4 atom stereocenters. The molecule has 0 radical (unpaired) electrons. The standard InChI is InChI=1S/C30H35ClN2O6/c1-17-12-20(19-9-5-6-10-22(19)31)27-26-21(17)15-38-16-24(30(2,3)4)33(26)28(35)23(39-27)13-25(34)32-11-7-8-18(14-32)29(36)37/h5-6,9-10,12,15,18,20,23-24H,7-8,11,13-14,16H2,1-4H3,(H,36,37)/t18?,20-,23+,24-/m0/s1. The molecule has 1 aromatic rings. The number of nitrogens with zero attached hydrogens (tertiary/aromatic N) is 2. The van der Waals surface area contributed by atoms with Crippen molar-refractivity contribution < 1.29 is 29.0 Å². The Bertz CT molecular complexity index is 1290. The smallest absolute Gasteiger partial charge is 0.308 e. The molecule has 3 heterocycles. The van der Waals surface area contributed by atoms with Crippen molar-refractivity contribution in [2.75, 3.05) is 19.7 Å².